The first-order valence-electron chi connectivity index (χ1n) is 2.98. The molecule has 0 nitrogen and oxygen atoms in total. The lowest BCUT2D eigenvalue weighted by molar-refractivity contribution is 1.38. The van der Waals surface area contributed by atoms with Gasteiger partial charge in [-0.25, -0.2) is 0 Å². The Morgan fingerprint density at radius 3 is 3.22 bits per heavy atom. The van der Waals surface area contributed by atoms with Crippen LogP contribution >= 0.6 is 20.7 Å². The molecule has 0 bridgehead atoms. The van der Waals surface area contributed by atoms with Gasteiger partial charge < -0.3 is 0 Å². The fourth-order valence-electron chi connectivity index (χ4n) is 1.02. The Labute approximate surface area is 64.7 Å². The van der Waals surface area contributed by atoms with Crippen LogP contribution in [0.5, 0.6) is 0 Å². The van der Waals surface area contributed by atoms with E-state index in [9.17, 15) is 0 Å². The summed E-state index contributed by atoms with van der Waals surface area (Å²) in [4.78, 5) is 0. The monoisotopic (exact) mass is 230 g/mol. The van der Waals surface area contributed by atoms with Crippen LogP contribution in [0.1, 0.15) is 6.42 Å². The van der Waals surface area contributed by atoms with Gasteiger partial charge in [-0.2, -0.15) is 0 Å². The summed E-state index contributed by atoms with van der Waals surface area (Å²) in [5.41, 5.74) is 3.01. The van der Waals surface area contributed by atoms with Gasteiger partial charge in [0.15, 0.2) is 0 Å². The summed E-state index contributed by atoms with van der Waals surface area (Å²) in [6.45, 7) is 0. The predicted molar refractivity (Wildman–Crippen MR) is 50.0 cm³/mol. The molecular weight excluding hydrogens is 223 g/mol. The molecule has 2 aliphatic rings. The van der Waals surface area contributed by atoms with Gasteiger partial charge >= 0.3 is 0 Å². The Bertz CT molecular complexity index is 241. The second-order valence-electron chi connectivity index (χ2n) is 2.11. The van der Waals surface area contributed by atoms with E-state index in [0.717, 1.165) is 0 Å². The largest absolute Gasteiger partial charge is 0.0934 e. The van der Waals surface area contributed by atoms with Crippen molar-refractivity contribution in [3.63, 3.8) is 0 Å². The molecule has 0 spiro atoms. The van der Waals surface area contributed by atoms with Crippen molar-refractivity contribution >= 4 is 24.7 Å². The van der Waals surface area contributed by atoms with Crippen LogP contribution in [0.25, 0.3) is 0 Å². The van der Waals surface area contributed by atoms with Gasteiger partial charge in [0.25, 0.3) is 0 Å². The van der Waals surface area contributed by atoms with Gasteiger partial charge in [0.05, 0.1) is 0 Å². The molecule has 0 fully saturated rings. The topological polar surface area (TPSA) is 0 Å². The number of hydrogen-bond donors (Lipinski definition) is 0. The standard InChI is InChI=1S/C8H7I/c1-2-7-4-5-9-6-8(7)3-1/h1-2,4-6H,3H2. The van der Waals surface area contributed by atoms with E-state index in [1.54, 1.807) is 5.57 Å². The van der Waals surface area contributed by atoms with Crippen LogP contribution in [0, 0.1) is 0 Å². The summed E-state index contributed by atoms with van der Waals surface area (Å²) in [5, 5.41) is 0. The zero-order chi connectivity index (χ0) is 6.10. The highest BCUT2D eigenvalue weighted by Gasteiger charge is 2.04. The van der Waals surface area contributed by atoms with Crippen molar-refractivity contribution in [3.05, 3.63) is 33.5 Å². The van der Waals surface area contributed by atoms with Crippen LogP contribution in [0.2, 0.25) is 0 Å². The van der Waals surface area contributed by atoms with E-state index in [2.05, 4.69) is 26.3 Å². The molecule has 0 atom stereocenters. The zero-order valence-electron chi connectivity index (χ0n) is 4.97. The Hall–Kier alpha value is -0.180. The molecule has 0 saturated heterocycles. The molecule has 0 aromatic heterocycles. The molecule has 9 heavy (non-hydrogen) atoms. The van der Waals surface area contributed by atoms with Crippen LogP contribution in [-0.4, -0.2) is 4.01 Å². The van der Waals surface area contributed by atoms with Crippen molar-refractivity contribution in [1.29, 1.82) is 0 Å². The quantitative estimate of drug-likeness (QED) is 0.561. The lowest BCUT2D eigenvalue weighted by Gasteiger charge is -1.98. The molecule has 1 heteroatoms. The fraction of sp³-hybridized carbons (Fsp3) is 0.125. The van der Waals surface area contributed by atoms with E-state index in [1.807, 2.05) is 0 Å². The van der Waals surface area contributed by atoms with Gasteiger partial charge in [-0.05, 0) is 31.7 Å². The van der Waals surface area contributed by atoms with Gasteiger partial charge in [-0.3, -0.25) is 0 Å². The van der Waals surface area contributed by atoms with Crippen molar-refractivity contribution in [3.8, 4) is 0 Å². The summed E-state index contributed by atoms with van der Waals surface area (Å²) in [6.07, 6.45) is 7.89. The summed E-state index contributed by atoms with van der Waals surface area (Å²) in [5.74, 6) is 0. The Kier molecular flexibility index (Phi) is 1.38. The molecular formula is C8H7I. The maximum absolute atomic E-state index is 2.41. The predicted octanol–water partition coefficient (Wildman–Crippen LogP) is 2.54. The van der Waals surface area contributed by atoms with E-state index in [1.165, 1.54) is 12.0 Å². The summed E-state index contributed by atoms with van der Waals surface area (Å²) >= 11 is 0.278. The zero-order valence-corrected chi connectivity index (χ0v) is 7.13. The van der Waals surface area contributed by atoms with Gasteiger partial charge in [0.2, 0.25) is 0 Å². The molecule has 2 rings (SSSR count). The van der Waals surface area contributed by atoms with Gasteiger partial charge in [-0.15, -0.1) is 0 Å². The Morgan fingerprint density at radius 1 is 1.33 bits per heavy atom. The molecule has 0 saturated carbocycles. The van der Waals surface area contributed by atoms with Crippen LogP contribution in [0.15, 0.2) is 33.5 Å². The third kappa shape index (κ3) is 0.936. The molecule has 0 aromatic rings. The number of rotatable bonds is 0. The number of halogens is 1. The molecule has 0 N–H and O–H groups in total. The van der Waals surface area contributed by atoms with Crippen molar-refractivity contribution in [1.82, 2.24) is 0 Å². The third-order valence-corrected chi connectivity index (χ3v) is 3.40. The van der Waals surface area contributed by atoms with Crippen LogP contribution in [-0.2, 0) is 0 Å². The van der Waals surface area contributed by atoms with Gasteiger partial charge in [0, 0.05) is 0 Å². The lowest BCUT2D eigenvalue weighted by Crippen LogP contribution is -1.82. The summed E-state index contributed by atoms with van der Waals surface area (Å²) in [6, 6.07) is 0. The SMILES string of the molecule is C1=CC2=C(C=IC=C2)C1. The summed E-state index contributed by atoms with van der Waals surface area (Å²) in [7, 11) is 0. The van der Waals surface area contributed by atoms with Gasteiger partial charge in [0.1, 0.15) is 0 Å². The maximum atomic E-state index is 2.41. The molecule has 1 aliphatic heterocycles. The first-order valence-corrected chi connectivity index (χ1v) is 5.47. The van der Waals surface area contributed by atoms with Crippen LogP contribution < -0.4 is 0 Å². The van der Waals surface area contributed by atoms with Crippen LogP contribution in [0.4, 0.5) is 0 Å². The van der Waals surface area contributed by atoms with E-state index in [-0.39, 0.29) is 20.7 Å². The molecule has 0 radical (unpaired) electrons. The molecule has 0 amide bonds. The minimum Gasteiger partial charge on any atom is -0.0934 e. The highest BCUT2D eigenvalue weighted by molar-refractivity contribution is 14.2. The molecule has 0 unspecified atom stereocenters. The van der Waals surface area contributed by atoms with E-state index >= 15 is 0 Å². The number of hydrogen-bond acceptors (Lipinski definition) is 0. The molecule has 46 valence electrons. The maximum Gasteiger partial charge on any atom is -0.00838 e. The summed E-state index contributed by atoms with van der Waals surface area (Å²) < 4.78 is 4.72. The first-order chi connectivity index (χ1) is 4.47. The second-order valence-corrected chi connectivity index (χ2v) is 4.18. The minimum atomic E-state index is 0.278. The Morgan fingerprint density at radius 2 is 2.33 bits per heavy atom. The molecule has 1 heterocycles. The van der Waals surface area contributed by atoms with Crippen LogP contribution in [0.3, 0.4) is 0 Å². The molecule has 1 aliphatic carbocycles. The Balaban J connectivity index is 2.49. The van der Waals surface area contributed by atoms with E-state index < -0.39 is 0 Å². The smallest absolute Gasteiger partial charge is 0.00838 e. The van der Waals surface area contributed by atoms with Crippen molar-refractivity contribution in [2.24, 2.45) is 0 Å². The normalized spacial score (nSPS) is 22.2. The molecule has 0 aromatic carbocycles. The van der Waals surface area contributed by atoms with Crippen molar-refractivity contribution in [2.75, 3.05) is 0 Å². The average Bonchev–Trinajstić information content (AvgIpc) is 2.33. The van der Waals surface area contributed by atoms with E-state index in [0.29, 0.717) is 0 Å². The second kappa shape index (κ2) is 2.21. The van der Waals surface area contributed by atoms with Gasteiger partial charge in [-0.1, -0.05) is 32.9 Å². The van der Waals surface area contributed by atoms with Crippen molar-refractivity contribution < 1.29 is 0 Å². The van der Waals surface area contributed by atoms with E-state index in [4.69, 9.17) is 0 Å². The highest BCUT2D eigenvalue weighted by atomic mass is 127. The highest BCUT2D eigenvalue weighted by Crippen LogP contribution is 2.24. The first kappa shape index (κ1) is 5.59. The fourth-order valence-corrected chi connectivity index (χ4v) is 2.88. The lowest BCUT2D eigenvalue weighted by atomic mass is 10.2. The third-order valence-electron chi connectivity index (χ3n) is 1.52. The number of allylic oxidation sites excluding steroid dienone is 5. The average molecular weight is 230 g/mol. The minimum absolute atomic E-state index is 0.278. The van der Waals surface area contributed by atoms with Crippen molar-refractivity contribution in [2.45, 2.75) is 6.42 Å².